The molecule has 1 unspecified atom stereocenters. The third-order valence-corrected chi connectivity index (χ3v) is 2.78. The quantitative estimate of drug-likeness (QED) is 0.759. The predicted molar refractivity (Wildman–Crippen MR) is 54.1 cm³/mol. The van der Waals surface area contributed by atoms with Crippen LogP contribution in [0.15, 0.2) is 24.3 Å². The Morgan fingerprint density at radius 2 is 2.21 bits per heavy atom. The molecule has 0 bridgehead atoms. The minimum atomic E-state index is -0.572. The van der Waals surface area contributed by atoms with E-state index in [9.17, 15) is 5.11 Å². The molecule has 3 N–H and O–H groups in total. The number of hydrogen-bond donors (Lipinski definition) is 2. The van der Waals surface area contributed by atoms with Crippen molar-refractivity contribution in [1.82, 2.24) is 0 Å². The van der Waals surface area contributed by atoms with Gasteiger partial charge in [-0.25, -0.2) is 0 Å². The topological polar surface area (TPSA) is 55.5 Å². The Balaban J connectivity index is 2.23. The normalized spacial score (nSPS) is 20.2. The van der Waals surface area contributed by atoms with Gasteiger partial charge in [0.15, 0.2) is 0 Å². The Labute approximate surface area is 83.5 Å². The molecule has 14 heavy (non-hydrogen) atoms. The monoisotopic (exact) mass is 193 g/mol. The van der Waals surface area contributed by atoms with E-state index in [1.165, 1.54) is 0 Å². The SMILES string of the molecule is COc1cccc(C(O)C2(N)CC2)c1. The molecule has 1 aromatic carbocycles. The summed E-state index contributed by atoms with van der Waals surface area (Å²) in [5.41, 5.74) is 6.36. The van der Waals surface area contributed by atoms with Gasteiger partial charge < -0.3 is 15.6 Å². The molecule has 0 spiro atoms. The molecule has 3 nitrogen and oxygen atoms in total. The number of aliphatic hydroxyl groups excluding tert-OH is 1. The molecule has 1 fully saturated rings. The van der Waals surface area contributed by atoms with Gasteiger partial charge in [-0.15, -0.1) is 0 Å². The van der Waals surface area contributed by atoms with Crippen LogP contribution in [0.25, 0.3) is 0 Å². The minimum Gasteiger partial charge on any atom is -0.497 e. The predicted octanol–water partition coefficient (Wildman–Crippen LogP) is 1.22. The van der Waals surface area contributed by atoms with E-state index in [2.05, 4.69) is 0 Å². The lowest BCUT2D eigenvalue weighted by atomic mass is 10.0. The van der Waals surface area contributed by atoms with Crippen molar-refractivity contribution in [1.29, 1.82) is 0 Å². The van der Waals surface area contributed by atoms with Crippen molar-refractivity contribution < 1.29 is 9.84 Å². The molecule has 1 aliphatic carbocycles. The lowest BCUT2D eigenvalue weighted by Gasteiger charge is -2.18. The van der Waals surface area contributed by atoms with Crippen molar-refractivity contribution in [2.75, 3.05) is 7.11 Å². The molecular weight excluding hydrogens is 178 g/mol. The summed E-state index contributed by atoms with van der Waals surface area (Å²) < 4.78 is 5.09. The summed E-state index contributed by atoms with van der Waals surface area (Å²) in [6.07, 6.45) is 1.22. The zero-order chi connectivity index (χ0) is 10.2. The largest absolute Gasteiger partial charge is 0.497 e. The molecule has 0 aliphatic heterocycles. The van der Waals surface area contributed by atoms with Gasteiger partial charge in [0.1, 0.15) is 5.75 Å². The maximum Gasteiger partial charge on any atom is 0.119 e. The van der Waals surface area contributed by atoms with Crippen LogP contribution in [0.3, 0.4) is 0 Å². The summed E-state index contributed by atoms with van der Waals surface area (Å²) in [5, 5.41) is 9.96. The van der Waals surface area contributed by atoms with Gasteiger partial charge >= 0.3 is 0 Å². The molecule has 1 aromatic rings. The molecule has 0 aromatic heterocycles. The zero-order valence-corrected chi connectivity index (χ0v) is 8.23. The molecule has 1 aliphatic rings. The smallest absolute Gasteiger partial charge is 0.119 e. The van der Waals surface area contributed by atoms with Crippen molar-refractivity contribution in [2.45, 2.75) is 24.5 Å². The summed E-state index contributed by atoms with van der Waals surface area (Å²) in [7, 11) is 1.61. The van der Waals surface area contributed by atoms with Crippen LogP contribution in [-0.4, -0.2) is 17.8 Å². The highest BCUT2D eigenvalue weighted by molar-refractivity contribution is 5.32. The van der Waals surface area contributed by atoms with E-state index in [1.54, 1.807) is 7.11 Å². The summed E-state index contributed by atoms with van der Waals surface area (Å²) >= 11 is 0. The van der Waals surface area contributed by atoms with Crippen LogP contribution in [-0.2, 0) is 0 Å². The highest BCUT2D eigenvalue weighted by Crippen LogP contribution is 2.43. The first-order valence-corrected chi connectivity index (χ1v) is 4.77. The van der Waals surface area contributed by atoms with Gasteiger partial charge in [0.05, 0.1) is 13.2 Å². The number of ether oxygens (including phenoxy) is 1. The Kier molecular flexibility index (Phi) is 2.21. The van der Waals surface area contributed by atoms with E-state index in [4.69, 9.17) is 10.5 Å². The second kappa shape index (κ2) is 3.26. The van der Waals surface area contributed by atoms with Crippen molar-refractivity contribution in [3.8, 4) is 5.75 Å². The van der Waals surface area contributed by atoms with E-state index in [0.29, 0.717) is 0 Å². The van der Waals surface area contributed by atoms with Crippen LogP contribution in [0.2, 0.25) is 0 Å². The fourth-order valence-electron chi connectivity index (χ4n) is 1.56. The first-order valence-electron chi connectivity index (χ1n) is 4.77. The molecular formula is C11H15NO2. The molecule has 0 saturated heterocycles. The van der Waals surface area contributed by atoms with Crippen molar-refractivity contribution in [2.24, 2.45) is 5.73 Å². The molecule has 76 valence electrons. The standard InChI is InChI=1S/C11H15NO2/c1-14-9-4-2-3-8(7-9)10(13)11(12)5-6-11/h2-4,7,10,13H,5-6,12H2,1H3. The van der Waals surface area contributed by atoms with Gasteiger partial charge in [-0.3, -0.25) is 0 Å². The fourth-order valence-corrected chi connectivity index (χ4v) is 1.56. The molecule has 1 atom stereocenters. The second-order valence-electron chi connectivity index (χ2n) is 3.91. The maximum absolute atomic E-state index is 9.96. The number of nitrogens with two attached hydrogens (primary N) is 1. The molecule has 0 heterocycles. The summed E-state index contributed by atoms with van der Waals surface area (Å²) in [5.74, 6) is 0.755. The van der Waals surface area contributed by atoms with Crippen LogP contribution in [0.5, 0.6) is 5.75 Å². The van der Waals surface area contributed by atoms with E-state index in [1.807, 2.05) is 24.3 Å². The van der Waals surface area contributed by atoms with Crippen molar-refractivity contribution >= 4 is 0 Å². The van der Waals surface area contributed by atoms with Crippen molar-refractivity contribution in [3.63, 3.8) is 0 Å². The van der Waals surface area contributed by atoms with E-state index >= 15 is 0 Å². The Hall–Kier alpha value is -1.06. The number of benzene rings is 1. The third-order valence-electron chi connectivity index (χ3n) is 2.78. The van der Waals surface area contributed by atoms with Crippen LogP contribution in [0, 0.1) is 0 Å². The lowest BCUT2D eigenvalue weighted by Crippen LogP contribution is -2.30. The van der Waals surface area contributed by atoms with Gasteiger partial charge in [-0.05, 0) is 30.5 Å². The van der Waals surface area contributed by atoms with Gasteiger partial charge in [0, 0.05) is 5.54 Å². The van der Waals surface area contributed by atoms with Crippen molar-refractivity contribution in [3.05, 3.63) is 29.8 Å². The Bertz CT molecular complexity index is 334. The molecule has 3 heteroatoms. The fraction of sp³-hybridized carbons (Fsp3) is 0.455. The molecule has 1 saturated carbocycles. The molecule has 0 amide bonds. The minimum absolute atomic E-state index is 0.396. The number of methoxy groups -OCH3 is 1. The highest BCUT2D eigenvalue weighted by Gasteiger charge is 2.45. The molecule has 0 radical (unpaired) electrons. The zero-order valence-electron chi connectivity index (χ0n) is 8.23. The number of hydrogen-bond acceptors (Lipinski definition) is 3. The summed E-state index contributed by atoms with van der Waals surface area (Å²) in [6, 6.07) is 7.42. The lowest BCUT2D eigenvalue weighted by molar-refractivity contribution is 0.135. The molecule has 2 rings (SSSR count). The van der Waals surface area contributed by atoms with Crippen LogP contribution >= 0.6 is 0 Å². The van der Waals surface area contributed by atoms with Gasteiger partial charge in [-0.2, -0.15) is 0 Å². The van der Waals surface area contributed by atoms with Crippen LogP contribution < -0.4 is 10.5 Å². The Morgan fingerprint density at radius 1 is 1.50 bits per heavy atom. The van der Waals surface area contributed by atoms with E-state index in [0.717, 1.165) is 24.2 Å². The maximum atomic E-state index is 9.96. The van der Waals surface area contributed by atoms with Gasteiger partial charge in [0.2, 0.25) is 0 Å². The average molecular weight is 193 g/mol. The van der Waals surface area contributed by atoms with E-state index in [-0.39, 0.29) is 0 Å². The van der Waals surface area contributed by atoms with Gasteiger partial charge in [-0.1, -0.05) is 12.1 Å². The summed E-state index contributed by atoms with van der Waals surface area (Å²) in [4.78, 5) is 0. The Morgan fingerprint density at radius 3 is 2.79 bits per heavy atom. The first kappa shape index (κ1) is 9.49. The number of rotatable bonds is 3. The average Bonchev–Trinajstić information content (AvgIpc) is 2.97. The van der Waals surface area contributed by atoms with Crippen LogP contribution in [0.4, 0.5) is 0 Å². The summed E-state index contributed by atoms with van der Waals surface area (Å²) in [6.45, 7) is 0. The first-order chi connectivity index (χ1) is 6.65. The van der Waals surface area contributed by atoms with Crippen LogP contribution in [0.1, 0.15) is 24.5 Å². The van der Waals surface area contributed by atoms with Gasteiger partial charge in [0.25, 0.3) is 0 Å². The highest BCUT2D eigenvalue weighted by atomic mass is 16.5. The third kappa shape index (κ3) is 1.61. The number of aliphatic hydroxyl groups is 1. The second-order valence-corrected chi connectivity index (χ2v) is 3.91. The van der Waals surface area contributed by atoms with E-state index < -0.39 is 11.6 Å².